The second kappa shape index (κ2) is 8.39. The van der Waals surface area contributed by atoms with Crippen LogP contribution in [0.2, 0.25) is 5.02 Å². The van der Waals surface area contributed by atoms with Gasteiger partial charge in [0, 0.05) is 34.7 Å². The van der Waals surface area contributed by atoms with Crippen LogP contribution in [-0.4, -0.2) is 23.1 Å². The molecule has 0 saturated heterocycles. The molecule has 0 fully saturated rings. The van der Waals surface area contributed by atoms with Gasteiger partial charge < -0.3 is 15.6 Å². The van der Waals surface area contributed by atoms with Crippen molar-refractivity contribution in [3.05, 3.63) is 52.3 Å². The molecule has 1 unspecified atom stereocenters. The molecule has 0 spiro atoms. The van der Waals surface area contributed by atoms with Crippen molar-refractivity contribution < 1.29 is 4.79 Å². The Bertz CT molecular complexity index is 680. The molecule has 1 heterocycles. The molecule has 0 aliphatic heterocycles. The van der Waals surface area contributed by atoms with Crippen LogP contribution in [-0.2, 0) is 0 Å². The van der Waals surface area contributed by atoms with Crippen LogP contribution in [0.15, 0.2) is 30.3 Å². The minimum absolute atomic E-state index is 0. The molecule has 0 aliphatic rings. The average molecular weight is 356 g/mol. The largest absolute Gasteiger partial charge is 0.352 e. The van der Waals surface area contributed by atoms with Crippen molar-refractivity contribution in [3.8, 4) is 5.69 Å². The summed E-state index contributed by atoms with van der Waals surface area (Å²) in [7, 11) is 0. The minimum atomic E-state index is -0.0676. The number of hydrogen-bond donors (Lipinski definition) is 2. The molecule has 1 amide bonds. The van der Waals surface area contributed by atoms with Gasteiger partial charge in [-0.25, -0.2) is 0 Å². The number of rotatable bonds is 5. The third-order valence-electron chi connectivity index (χ3n) is 3.63. The molecule has 23 heavy (non-hydrogen) atoms. The third-order valence-corrected chi connectivity index (χ3v) is 3.86. The van der Waals surface area contributed by atoms with Crippen molar-refractivity contribution in [1.82, 2.24) is 9.88 Å². The SMILES string of the molecule is Cc1cc(C(=O)NCCC(C)N)c(C)n1-c1cccc(Cl)c1.Cl. The van der Waals surface area contributed by atoms with E-state index in [1.807, 2.05) is 55.7 Å². The minimum Gasteiger partial charge on any atom is -0.352 e. The summed E-state index contributed by atoms with van der Waals surface area (Å²) in [6, 6.07) is 9.58. The Morgan fingerprint density at radius 3 is 2.65 bits per heavy atom. The molecule has 1 aromatic carbocycles. The maximum Gasteiger partial charge on any atom is 0.253 e. The molecule has 2 aromatic rings. The van der Waals surface area contributed by atoms with E-state index in [-0.39, 0.29) is 24.4 Å². The van der Waals surface area contributed by atoms with Crippen LogP contribution in [0.4, 0.5) is 0 Å². The first kappa shape index (κ1) is 19.6. The summed E-state index contributed by atoms with van der Waals surface area (Å²) in [6.07, 6.45) is 0.763. The highest BCUT2D eigenvalue weighted by Gasteiger charge is 2.16. The summed E-state index contributed by atoms with van der Waals surface area (Å²) in [4.78, 5) is 12.3. The Labute approximate surface area is 148 Å². The summed E-state index contributed by atoms with van der Waals surface area (Å²) in [5.41, 5.74) is 9.23. The monoisotopic (exact) mass is 355 g/mol. The van der Waals surface area contributed by atoms with E-state index in [1.54, 1.807) is 0 Å². The van der Waals surface area contributed by atoms with E-state index in [9.17, 15) is 4.79 Å². The van der Waals surface area contributed by atoms with E-state index in [0.29, 0.717) is 17.1 Å². The number of carbonyl (C=O) groups is 1. The lowest BCUT2D eigenvalue weighted by Gasteiger charge is -2.11. The predicted octanol–water partition coefficient (Wildman–Crippen LogP) is 3.64. The molecule has 3 N–H and O–H groups in total. The van der Waals surface area contributed by atoms with E-state index in [4.69, 9.17) is 17.3 Å². The molecule has 4 nitrogen and oxygen atoms in total. The van der Waals surface area contributed by atoms with Gasteiger partial charge in [0.05, 0.1) is 5.56 Å². The molecule has 0 bridgehead atoms. The van der Waals surface area contributed by atoms with Crippen LogP contribution < -0.4 is 11.1 Å². The molecular formula is C17H23Cl2N3O. The topological polar surface area (TPSA) is 60.1 Å². The summed E-state index contributed by atoms with van der Waals surface area (Å²) in [5.74, 6) is -0.0676. The third kappa shape index (κ3) is 4.74. The standard InChI is InChI=1S/C17H22ClN3O.ClH/c1-11(19)7-8-20-17(22)16-9-12(2)21(13(16)3)15-6-4-5-14(18)10-15;/h4-6,9-11H,7-8,19H2,1-3H3,(H,20,22);1H. The number of hydrogen-bond acceptors (Lipinski definition) is 2. The highest BCUT2D eigenvalue weighted by Crippen LogP contribution is 2.22. The van der Waals surface area contributed by atoms with E-state index in [0.717, 1.165) is 23.5 Å². The van der Waals surface area contributed by atoms with Crippen molar-refractivity contribution in [3.63, 3.8) is 0 Å². The normalized spacial score (nSPS) is 11.7. The van der Waals surface area contributed by atoms with Crippen molar-refractivity contribution >= 4 is 29.9 Å². The van der Waals surface area contributed by atoms with E-state index >= 15 is 0 Å². The Morgan fingerprint density at radius 2 is 2.04 bits per heavy atom. The lowest BCUT2D eigenvalue weighted by atomic mass is 10.2. The van der Waals surface area contributed by atoms with Gasteiger partial charge in [-0.15, -0.1) is 12.4 Å². The van der Waals surface area contributed by atoms with Crippen LogP contribution in [0, 0.1) is 13.8 Å². The lowest BCUT2D eigenvalue weighted by molar-refractivity contribution is 0.0952. The average Bonchev–Trinajstić information content (AvgIpc) is 2.73. The number of aryl methyl sites for hydroxylation is 1. The molecule has 0 aliphatic carbocycles. The van der Waals surface area contributed by atoms with E-state index in [2.05, 4.69) is 5.32 Å². The zero-order chi connectivity index (χ0) is 16.3. The Balaban J connectivity index is 0.00000264. The number of nitrogens with two attached hydrogens (primary N) is 1. The van der Waals surface area contributed by atoms with Crippen LogP contribution in [0.5, 0.6) is 0 Å². The first-order valence-electron chi connectivity index (χ1n) is 7.39. The van der Waals surface area contributed by atoms with Crippen molar-refractivity contribution in [2.45, 2.75) is 33.2 Å². The zero-order valence-corrected chi connectivity index (χ0v) is 15.2. The smallest absolute Gasteiger partial charge is 0.253 e. The fraction of sp³-hybridized carbons (Fsp3) is 0.353. The summed E-state index contributed by atoms with van der Waals surface area (Å²) in [5, 5.41) is 3.59. The quantitative estimate of drug-likeness (QED) is 0.859. The highest BCUT2D eigenvalue weighted by atomic mass is 35.5. The Kier molecular flexibility index (Phi) is 7.13. The number of aromatic nitrogens is 1. The molecule has 126 valence electrons. The van der Waals surface area contributed by atoms with Gasteiger partial charge in [0.25, 0.3) is 5.91 Å². The highest BCUT2D eigenvalue weighted by molar-refractivity contribution is 6.30. The van der Waals surface area contributed by atoms with Crippen molar-refractivity contribution in [1.29, 1.82) is 0 Å². The molecular weight excluding hydrogens is 333 g/mol. The van der Waals surface area contributed by atoms with Gasteiger partial charge in [-0.3, -0.25) is 4.79 Å². The molecule has 0 radical (unpaired) electrons. The maximum absolute atomic E-state index is 12.3. The summed E-state index contributed by atoms with van der Waals surface area (Å²) in [6.45, 7) is 6.43. The molecule has 6 heteroatoms. The van der Waals surface area contributed by atoms with Gasteiger partial charge in [-0.05, 0) is 51.5 Å². The zero-order valence-electron chi connectivity index (χ0n) is 13.6. The number of benzene rings is 1. The number of nitrogens with one attached hydrogen (secondary N) is 1. The van der Waals surface area contributed by atoms with Crippen LogP contribution in [0.25, 0.3) is 5.69 Å². The fourth-order valence-electron chi connectivity index (χ4n) is 2.51. The lowest BCUT2D eigenvalue weighted by Crippen LogP contribution is -2.29. The Hall–Kier alpha value is -1.49. The van der Waals surface area contributed by atoms with E-state index < -0.39 is 0 Å². The molecule has 0 saturated carbocycles. The van der Waals surface area contributed by atoms with Gasteiger partial charge in [0.1, 0.15) is 0 Å². The number of halogens is 2. The van der Waals surface area contributed by atoms with Gasteiger partial charge in [-0.2, -0.15) is 0 Å². The van der Waals surface area contributed by atoms with Gasteiger partial charge >= 0.3 is 0 Å². The Morgan fingerprint density at radius 1 is 1.35 bits per heavy atom. The van der Waals surface area contributed by atoms with Crippen LogP contribution >= 0.6 is 24.0 Å². The number of amides is 1. The van der Waals surface area contributed by atoms with Crippen molar-refractivity contribution in [2.75, 3.05) is 6.54 Å². The van der Waals surface area contributed by atoms with Gasteiger partial charge in [0.15, 0.2) is 0 Å². The van der Waals surface area contributed by atoms with Crippen LogP contribution in [0.1, 0.15) is 35.1 Å². The fourth-order valence-corrected chi connectivity index (χ4v) is 2.70. The van der Waals surface area contributed by atoms with Gasteiger partial charge in [-0.1, -0.05) is 17.7 Å². The second-order valence-electron chi connectivity index (χ2n) is 5.62. The van der Waals surface area contributed by atoms with Crippen molar-refractivity contribution in [2.24, 2.45) is 5.73 Å². The predicted molar refractivity (Wildman–Crippen MR) is 98.1 cm³/mol. The van der Waals surface area contributed by atoms with E-state index in [1.165, 1.54) is 0 Å². The van der Waals surface area contributed by atoms with Gasteiger partial charge in [0.2, 0.25) is 0 Å². The first-order valence-corrected chi connectivity index (χ1v) is 7.76. The molecule has 1 aromatic heterocycles. The van der Waals surface area contributed by atoms with Crippen LogP contribution in [0.3, 0.4) is 0 Å². The number of carbonyl (C=O) groups excluding carboxylic acids is 1. The molecule has 1 atom stereocenters. The number of nitrogens with zero attached hydrogens (tertiary/aromatic N) is 1. The summed E-state index contributed by atoms with van der Waals surface area (Å²) < 4.78 is 2.03. The molecule has 2 rings (SSSR count). The first-order chi connectivity index (χ1) is 10.4. The summed E-state index contributed by atoms with van der Waals surface area (Å²) >= 11 is 6.06. The second-order valence-corrected chi connectivity index (χ2v) is 6.06. The maximum atomic E-state index is 12.3.